The van der Waals surface area contributed by atoms with Crippen molar-refractivity contribution in [3.8, 4) is 5.75 Å². The molecule has 7 nitrogen and oxygen atoms in total. The molecule has 1 aliphatic heterocycles. The van der Waals surface area contributed by atoms with Crippen molar-refractivity contribution in [1.82, 2.24) is 4.90 Å². The smallest absolute Gasteiger partial charge is 0.261 e. The number of hydrogen-bond acceptors (Lipinski definition) is 5. The highest BCUT2D eigenvalue weighted by Gasteiger charge is 2.39. The largest absolute Gasteiger partial charge is 0.483 e. The molecule has 2 amide bonds. The molecule has 8 heteroatoms. The summed E-state index contributed by atoms with van der Waals surface area (Å²) in [5, 5.41) is 0. The third-order valence-corrected chi connectivity index (χ3v) is 6.86. The Hall–Kier alpha value is -2.09. The highest BCUT2D eigenvalue weighted by molar-refractivity contribution is 7.91. The van der Waals surface area contributed by atoms with Gasteiger partial charge in [0, 0.05) is 12.1 Å². The summed E-state index contributed by atoms with van der Waals surface area (Å²) in [4.78, 5) is 26.1. The molecule has 1 aromatic rings. The maximum absolute atomic E-state index is 12.9. The number of para-hydroxylation sites is 1. The number of amides is 2. The van der Waals surface area contributed by atoms with Crippen molar-refractivity contribution < 1.29 is 22.7 Å². The van der Waals surface area contributed by atoms with Gasteiger partial charge in [-0.1, -0.05) is 25.0 Å². The van der Waals surface area contributed by atoms with Crippen molar-refractivity contribution in [3.05, 3.63) is 29.8 Å². The van der Waals surface area contributed by atoms with Crippen LogP contribution in [0.2, 0.25) is 0 Å². The molecule has 0 bridgehead atoms. The van der Waals surface area contributed by atoms with Gasteiger partial charge in [-0.05, 0) is 31.4 Å². The summed E-state index contributed by atoms with van der Waals surface area (Å²) < 4.78 is 29.3. The van der Waals surface area contributed by atoms with Crippen LogP contribution in [0.1, 0.15) is 42.5 Å². The van der Waals surface area contributed by atoms with Crippen molar-refractivity contribution in [2.24, 2.45) is 5.73 Å². The zero-order valence-electron chi connectivity index (χ0n) is 14.6. The van der Waals surface area contributed by atoms with Gasteiger partial charge in [-0.25, -0.2) is 8.42 Å². The fourth-order valence-corrected chi connectivity index (χ4v) is 5.60. The summed E-state index contributed by atoms with van der Waals surface area (Å²) in [6.07, 6.45) is 4.33. The first-order valence-electron chi connectivity index (χ1n) is 8.90. The fraction of sp³-hybridized carbons (Fsp3) is 0.556. The Morgan fingerprint density at radius 1 is 1.12 bits per heavy atom. The minimum atomic E-state index is -3.08. The molecule has 2 aliphatic rings. The normalized spacial score (nSPS) is 22.2. The standard InChI is InChI=1S/C18H24N2O5S/c19-18(22)15-7-3-4-8-16(15)25-11-17(21)20(13-5-1-2-6-13)14-9-10-26(23,24)12-14/h3-4,7-8,13-14H,1-2,5-6,9-12H2,(H2,19,22)/t14-/m0/s1. The van der Waals surface area contributed by atoms with Gasteiger partial charge in [-0.3, -0.25) is 9.59 Å². The minimum absolute atomic E-state index is 0.0209. The molecular weight excluding hydrogens is 356 g/mol. The number of primary amides is 1. The van der Waals surface area contributed by atoms with E-state index in [1.165, 1.54) is 0 Å². The second-order valence-electron chi connectivity index (χ2n) is 6.95. The van der Waals surface area contributed by atoms with E-state index in [0.717, 1.165) is 25.7 Å². The Balaban J connectivity index is 1.73. The molecule has 142 valence electrons. The van der Waals surface area contributed by atoms with Crippen LogP contribution in [0.3, 0.4) is 0 Å². The highest BCUT2D eigenvalue weighted by atomic mass is 32.2. The molecule has 26 heavy (non-hydrogen) atoms. The second kappa shape index (κ2) is 7.65. The average Bonchev–Trinajstić information content (AvgIpc) is 3.23. The molecule has 1 heterocycles. The predicted molar refractivity (Wildman–Crippen MR) is 96.6 cm³/mol. The fourth-order valence-electron chi connectivity index (χ4n) is 3.89. The first-order valence-corrected chi connectivity index (χ1v) is 10.7. The summed E-state index contributed by atoms with van der Waals surface area (Å²) in [6.45, 7) is -0.239. The molecule has 3 rings (SSSR count). The first kappa shape index (κ1) is 18.7. The number of nitrogens with zero attached hydrogens (tertiary/aromatic N) is 1. The summed E-state index contributed by atoms with van der Waals surface area (Å²) >= 11 is 0. The quantitative estimate of drug-likeness (QED) is 0.796. The van der Waals surface area contributed by atoms with E-state index in [4.69, 9.17) is 10.5 Å². The molecule has 0 radical (unpaired) electrons. The Morgan fingerprint density at radius 3 is 2.42 bits per heavy atom. The number of ether oxygens (including phenoxy) is 1. The maximum atomic E-state index is 12.9. The Bertz CT molecular complexity index is 787. The summed E-state index contributed by atoms with van der Waals surface area (Å²) in [5.74, 6) is -0.452. The van der Waals surface area contributed by atoms with E-state index in [1.807, 2.05) is 0 Å². The third kappa shape index (κ3) is 4.17. The van der Waals surface area contributed by atoms with Crippen LogP contribution in [0.15, 0.2) is 24.3 Å². The van der Waals surface area contributed by atoms with Crippen LogP contribution in [-0.2, 0) is 14.6 Å². The summed E-state index contributed by atoms with van der Waals surface area (Å²) in [6, 6.07) is 6.28. The minimum Gasteiger partial charge on any atom is -0.483 e. The van der Waals surface area contributed by atoms with Gasteiger partial charge in [0.15, 0.2) is 16.4 Å². The van der Waals surface area contributed by atoms with Crippen LogP contribution in [-0.4, -0.2) is 55.3 Å². The van der Waals surface area contributed by atoms with Crippen molar-refractivity contribution >= 4 is 21.7 Å². The van der Waals surface area contributed by atoms with Crippen LogP contribution >= 0.6 is 0 Å². The number of benzene rings is 1. The Kier molecular flexibility index (Phi) is 5.50. The van der Waals surface area contributed by atoms with E-state index in [0.29, 0.717) is 6.42 Å². The van der Waals surface area contributed by atoms with Gasteiger partial charge >= 0.3 is 0 Å². The van der Waals surface area contributed by atoms with Gasteiger partial charge in [0.25, 0.3) is 11.8 Å². The van der Waals surface area contributed by atoms with Gasteiger partial charge in [0.05, 0.1) is 17.1 Å². The Morgan fingerprint density at radius 2 is 1.81 bits per heavy atom. The SMILES string of the molecule is NC(=O)c1ccccc1OCC(=O)N(C1CCCC1)[C@H]1CCS(=O)(=O)C1. The van der Waals surface area contributed by atoms with Crippen LogP contribution in [0.4, 0.5) is 0 Å². The van der Waals surface area contributed by atoms with Crippen LogP contribution in [0, 0.1) is 0 Å². The molecule has 2 fully saturated rings. The number of nitrogens with two attached hydrogens (primary N) is 1. The first-order chi connectivity index (χ1) is 12.4. The topological polar surface area (TPSA) is 107 Å². The maximum Gasteiger partial charge on any atom is 0.261 e. The van der Waals surface area contributed by atoms with E-state index >= 15 is 0 Å². The van der Waals surface area contributed by atoms with Gasteiger partial charge in [-0.15, -0.1) is 0 Å². The zero-order chi connectivity index (χ0) is 18.7. The lowest BCUT2D eigenvalue weighted by molar-refractivity contribution is -0.137. The molecule has 1 atom stereocenters. The number of rotatable bonds is 6. The van der Waals surface area contributed by atoms with Gasteiger partial charge in [-0.2, -0.15) is 0 Å². The van der Waals surface area contributed by atoms with E-state index in [-0.39, 0.29) is 47.4 Å². The lowest BCUT2D eigenvalue weighted by Gasteiger charge is -2.34. The summed E-state index contributed by atoms with van der Waals surface area (Å²) in [5.41, 5.74) is 5.55. The van der Waals surface area contributed by atoms with E-state index < -0.39 is 15.7 Å². The van der Waals surface area contributed by atoms with Crippen molar-refractivity contribution in [2.75, 3.05) is 18.1 Å². The van der Waals surface area contributed by atoms with E-state index in [1.54, 1.807) is 29.2 Å². The van der Waals surface area contributed by atoms with E-state index in [9.17, 15) is 18.0 Å². The van der Waals surface area contributed by atoms with Crippen LogP contribution in [0.5, 0.6) is 5.75 Å². The van der Waals surface area contributed by atoms with Crippen molar-refractivity contribution in [3.63, 3.8) is 0 Å². The van der Waals surface area contributed by atoms with Gasteiger partial charge < -0.3 is 15.4 Å². The van der Waals surface area contributed by atoms with Crippen LogP contribution in [0.25, 0.3) is 0 Å². The molecule has 2 N–H and O–H groups in total. The number of carbonyl (C=O) groups is 2. The average molecular weight is 380 g/mol. The number of carbonyl (C=O) groups excluding carboxylic acids is 2. The van der Waals surface area contributed by atoms with E-state index in [2.05, 4.69) is 0 Å². The van der Waals surface area contributed by atoms with Gasteiger partial charge in [0.1, 0.15) is 5.75 Å². The lowest BCUT2D eigenvalue weighted by Crippen LogP contribution is -2.48. The number of hydrogen-bond donors (Lipinski definition) is 1. The van der Waals surface area contributed by atoms with Crippen molar-refractivity contribution in [2.45, 2.75) is 44.2 Å². The summed E-state index contributed by atoms with van der Waals surface area (Å²) in [7, 11) is -3.08. The Labute approximate surface area is 153 Å². The van der Waals surface area contributed by atoms with Crippen molar-refractivity contribution in [1.29, 1.82) is 0 Å². The predicted octanol–water partition coefficient (Wildman–Crippen LogP) is 1.12. The molecule has 0 spiro atoms. The second-order valence-corrected chi connectivity index (χ2v) is 9.17. The molecule has 1 saturated heterocycles. The molecule has 1 aliphatic carbocycles. The lowest BCUT2D eigenvalue weighted by atomic mass is 10.1. The number of sulfone groups is 1. The molecule has 0 unspecified atom stereocenters. The molecule has 0 aromatic heterocycles. The third-order valence-electron chi connectivity index (χ3n) is 5.11. The monoisotopic (exact) mass is 380 g/mol. The highest BCUT2D eigenvalue weighted by Crippen LogP contribution is 2.29. The zero-order valence-corrected chi connectivity index (χ0v) is 15.4. The molecular formula is C18H24N2O5S. The molecule has 1 aromatic carbocycles. The molecule has 1 saturated carbocycles. The van der Waals surface area contributed by atoms with Gasteiger partial charge in [0.2, 0.25) is 0 Å². The van der Waals surface area contributed by atoms with Crippen LogP contribution < -0.4 is 10.5 Å².